The highest BCUT2D eigenvalue weighted by Crippen LogP contribution is 2.30. The molecule has 1 aromatic heterocycles. The lowest BCUT2D eigenvalue weighted by atomic mass is 10.0. The highest BCUT2D eigenvalue weighted by molar-refractivity contribution is 7.89. The Kier molecular flexibility index (Phi) is 4.65. The quantitative estimate of drug-likeness (QED) is 0.811. The smallest absolute Gasteiger partial charge is 0.269 e. The third-order valence-electron chi connectivity index (χ3n) is 4.22. The number of nitrogens with one attached hydrogen (secondary N) is 1. The summed E-state index contributed by atoms with van der Waals surface area (Å²) >= 11 is 0. The van der Waals surface area contributed by atoms with Crippen LogP contribution in [0.3, 0.4) is 0 Å². The van der Waals surface area contributed by atoms with E-state index in [1.54, 1.807) is 21.1 Å². The number of carbonyl (C=O) groups is 1. The van der Waals surface area contributed by atoms with Crippen LogP contribution >= 0.6 is 0 Å². The van der Waals surface area contributed by atoms with E-state index < -0.39 is 15.6 Å². The summed E-state index contributed by atoms with van der Waals surface area (Å²) < 4.78 is 29.5. The van der Waals surface area contributed by atoms with Crippen LogP contribution in [0.2, 0.25) is 0 Å². The fourth-order valence-corrected chi connectivity index (χ4v) is 4.41. The molecule has 0 atom stereocenters. The van der Waals surface area contributed by atoms with Crippen LogP contribution < -0.4 is 10.5 Å². The number of carbonyl (C=O) groups excluding carboxylic acids is 1. The van der Waals surface area contributed by atoms with Gasteiger partial charge in [0.2, 0.25) is 10.0 Å². The van der Waals surface area contributed by atoms with E-state index in [2.05, 4.69) is 4.72 Å². The van der Waals surface area contributed by atoms with Gasteiger partial charge in [-0.25, -0.2) is 13.1 Å². The van der Waals surface area contributed by atoms with Gasteiger partial charge in [-0.3, -0.25) is 4.79 Å². The molecule has 1 saturated carbocycles. The Balaban J connectivity index is 2.30. The van der Waals surface area contributed by atoms with Gasteiger partial charge >= 0.3 is 0 Å². The average Bonchev–Trinajstić information content (AvgIpc) is 3.05. The SMILES string of the molecule is CN(C)C(=O)c1cc(S(=O)(=O)NC2(CN)CCCC2)cn1C. The van der Waals surface area contributed by atoms with Gasteiger partial charge in [0.25, 0.3) is 5.91 Å². The summed E-state index contributed by atoms with van der Waals surface area (Å²) in [6.45, 7) is 0.280. The second-order valence-corrected chi connectivity index (χ2v) is 7.85. The van der Waals surface area contributed by atoms with E-state index in [0.717, 1.165) is 25.7 Å². The number of rotatable bonds is 5. The van der Waals surface area contributed by atoms with Gasteiger partial charge in [-0.2, -0.15) is 0 Å². The molecule has 1 aliphatic rings. The van der Waals surface area contributed by atoms with E-state index in [4.69, 9.17) is 5.73 Å². The first-order valence-electron chi connectivity index (χ1n) is 7.33. The molecule has 0 radical (unpaired) electrons. The van der Waals surface area contributed by atoms with Crippen LogP contribution in [-0.4, -0.2) is 50.0 Å². The van der Waals surface area contributed by atoms with Crippen molar-refractivity contribution in [3.8, 4) is 0 Å². The minimum absolute atomic E-state index is 0.0972. The van der Waals surface area contributed by atoms with E-state index in [-0.39, 0.29) is 17.3 Å². The molecular formula is C14H24N4O3S. The summed E-state index contributed by atoms with van der Waals surface area (Å²) in [5, 5.41) is 0. The molecule has 2 rings (SSSR count). The van der Waals surface area contributed by atoms with Gasteiger partial charge in [0, 0.05) is 39.4 Å². The molecule has 0 bridgehead atoms. The number of hydrogen-bond acceptors (Lipinski definition) is 4. The van der Waals surface area contributed by atoms with Gasteiger partial charge in [0.1, 0.15) is 10.6 Å². The molecule has 1 aromatic rings. The van der Waals surface area contributed by atoms with Crippen molar-refractivity contribution in [2.45, 2.75) is 36.1 Å². The fourth-order valence-electron chi connectivity index (χ4n) is 2.87. The standard InChI is InChI=1S/C14H24N4O3S/c1-17(2)13(19)12-8-11(9-18(12)3)22(20,21)16-14(10-15)6-4-5-7-14/h8-9,16H,4-7,10,15H2,1-3H3. The predicted molar refractivity (Wildman–Crippen MR) is 84.0 cm³/mol. The van der Waals surface area contributed by atoms with Crippen LogP contribution in [0.15, 0.2) is 17.2 Å². The molecule has 1 heterocycles. The van der Waals surface area contributed by atoms with Crippen molar-refractivity contribution in [3.05, 3.63) is 18.0 Å². The van der Waals surface area contributed by atoms with Crippen LogP contribution in [0.25, 0.3) is 0 Å². The van der Waals surface area contributed by atoms with Crippen LogP contribution in [0, 0.1) is 0 Å². The Bertz CT molecular complexity index is 658. The van der Waals surface area contributed by atoms with Gasteiger partial charge in [-0.05, 0) is 18.9 Å². The van der Waals surface area contributed by atoms with Crippen LogP contribution in [0.5, 0.6) is 0 Å². The van der Waals surface area contributed by atoms with Crippen molar-refractivity contribution in [1.82, 2.24) is 14.2 Å². The molecule has 1 amide bonds. The van der Waals surface area contributed by atoms with E-state index in [9.17, 15) is 13.2 Å². The molecule has 3 N–H and O–H groups in total. The van der Waals surface area contributed by atoms with Gasteiger partial charge in [-0.15, -0.1) is 0 Å². The van der Waals surface area contributed by atoms with Crippen molar-refractivity contribution in [3.63, 3.8) is 0 Å². The minimum atomic E-state index is -3.70. The maximum absolute atomic E-state index is 12.6. The molecule has 1 fully saturated rings. The molecule has 124 valence electrons. The van der Waals surface area contributed by atoms with E-state index in [1.807, 2.05) is 0 Å². The monoisotopic (exact) mass is 328 g/mol. The van der Waals surface area contributed by atoms with Crippen molar-refractivity contribution < 1.29 is 13.2 Å². The Hall–Kier alpha value is -1.38. The Morgan fingerprint density at radius 1 is 1.41 bits per heavy atom. The van der Waals surface area contributed by atoms with Crippen molar-refractivity contribution in [1.29, 1.82) is 0 Å². The number of aryl methyl sites for hydroxylation is 1. The van der Waals surface area contributed by atoms with Crippen molar-refractivity contribution in [2.75, 3.05) is 20.6 Å². The molecular weight excluding hydrogens is 304 g/mol. The van der Waals surface area contributed by atoms with Crippen molar-refractivity contribution in [2.24, 2.45) is 12.8 Å². The molecule has 0 unspecified atom stereocenters. The minimum Gasteiger partial charge on any atom is -0.345 e. The third-order valence-corrected chi connectivity index (χ3v) is 5.76. The van der Waals surface area contributed by atoms with Crippen LogP contribution in [0.1, 0.15) is 36.2 Å². The highest BCUT2D eigenvalue weighted by Gasteiger charge is 2.37. The van der Waals surface area contributed by atoms with Crippen LogP contribution in [0.4, 0.5) is 0 Å². The van der Waals surface area contributed by atoms with Gasteiger partial charge in [0.15, 0.2) is 0 Å². The van der Waals surface area contributed by atoms with E-state index in [0.29, 0.717) is 5.69 Å². The molecule has 0 aliphatic heterocycles. The highest BCUT2D eigenvalue weighted by atomic mass is 32.2. The molecule has 22 heavy (non-hydrogen) atoms. The van der Waals surface area contributed by atoms with E-state index in [1.165, 1.54) is 21.7 Å². The summed E-state index contributed by atoms with van der Waals surface area (Å²) in [5.41, 5.74) is 5.56. The first kappa shape index (κ1) is 17.0. The Morgan fingerprint density at radius 2 is 2.00 bits per heavy atom. The maximum atomic E-state index is 12.6. The first-order chi connectivity index (χ1) is 10.2. The van der Waals surface area contributed by atoms with Gasteiger partial charge in [-0.1, -0.05) is 12.8 Å². The molecule has 0 spiro atoms. The first-order valence-corrected chi connectivity index (χ1v) is 8.81. The molecule has 8 heteroatoms. The summed E-state index contributed by atoms with van der Waals surface area (Å²) in [5.74, 6) is -0.238. The zero-order valence-electron chi connectivity index (χ0n) is 13.3. The van der Waals surface area contributed by atoms with Gasteiger partial charge < -0.3 is 15.2 Å². The molecule has 7 nitrogen and oxygen atoms in total. The number of nitrogens with zero attached hydrogens (tertiary/aromatic N) is 2. The largest absolute Gasteiger partial charge is 0.345 e. The van der Waals surface area contributed by atoms with Crippen molar-refractivity contribution >= 4 is 15.9 Å². The number of sulfonamides is 1. The topological polar surface area (TPSA) is 97.4 Å². The van der Waals surface area contributed by atoms with Crippen LogP contribution in [-0.2, 0) is 17.1 Å². The number of amides is 1. The average molecular weight is 328 g/mol. The van der Waals surface area contributed by atoms with E-state index >= 15 is 0 Å². The molecule has 1 aliphatic carbocycles. The Labute approximate surface area is 131 Å². The maximum Gasteiger partial charge on any atom is 0.269 e. The number of nitrogens with two attached hydrogens (primary N) is 1. The van der Waals surface area contributed by atoms with Gasteiger partial charge in [0.05, 0.1) is 0 Å². The zero-order chi connectivity index (χ0) is 16.5. The summed E-state index contributed by atoms with van der Waals surface area (Å²) in [7, 11) is 1.22. The molecule has 0 aromatic carbocycles. The normalized spacial score (nSPS) is 17.6. The second-order valence-electron chi connectivity index (χ2n) is 6.17. The lowest BCUT2D eigenvalue weighted by Gasteiger charge is -2.27. The second kappa shape index (κ2) is 6.02. The fraction of sp³-hybridized carbons (Fsp3) is 0.643. The summed E-state index contributed by atoms with van der Waals surface area (Å²) in [4.78, 5) is 13.6. The summed E-state index contributed by atoms with van der Waals surface area (Å²) in [6.07, 6.45) is 4.90. The Morgan fingerprint density at radius 3 is 2.50 bits per heavy atom. The molecule has 0 saturated heterocycles. The lowest BCUT2D eigenvalue weighted by Crippen LogP contribution is -2.51. The number of hydrogen-bond donors (Lipinski definition) is 2. The predicted octanol–water partition coefficient (Wildman–Crippen LogP) is 0.277. The zero-order valence-corrected chi connectivity index (χ0v) is 14.1. The third kappa shape index (κ3) is 3.18. The lowest BCUT2D eigenvalue weighted by molar-refractivity contribution is 0.0818. The number of aromatic nitrogens is 1. The summed E-state index contributed by atoms with van der Waals surface area (Å²) in [6, 6.07) is 1.41.